The second-order valence-electron chi connectivity index (χ2n) is 2.80. The highest BCUT2D eigenvalue weighted by Crippen LogP contribution is 2.26. The third-order valence-electron chi connectivity index (χ3n) is 1.78. The molecule has 0 amide bonds. The van der Waals surface area contributed by atoms with Crippen molar-refractivity contribution < 1.29 is 14.0 Å². The fraction of sp³-hybridized carbons (Fsp3) is 0.250. The summed E-state index contributed by atoms with van der Waals surface area (Å²) in [6.45, 7) is 1.68. The largest absolute Gasteiger partial charge is 0.457 e. The zero-order valence-electron chi connectivity index (χ0n) is 8.25. The molecule has 16 heavy (non-hydrogen) atoms. The summed E-state index contributed by atoms with van der Waals surface area (Å²) in [6.07, 6.45) is 1.71. The van der Waals surface area contributed by atoms with E-state index < -0.39 is 5.97 Å². The van der Waals surface area contributed by atoms with Gasteiger partial charge in [0.15, 0.2) is 4.67 Å². The van der Waals surface area contributed by atoms with Gasteiger partial charge in [0.25, 0.3) is 0 Å². The summed E-state index contributed by atoms with van der Waals surface area (Å²) in [6, 6.07) is 1.66. The van der Waals surface area contributed by atoms with Crippen LogP contribution in [0.1, 0.15) is 13.3 Å². The lowest BCUT2D eigenvalue weighted by Crippen LogP contribution is -2.21. The van der Waals surface area contributed by atoms with E-state index in [1.165, 1.54) is 6.26 Å². The smallest absolute Gasteiger partial charge is 0.334 e. The minimum atomic E-state index is -0.423. The van der Waals surface area contributed by atoms with E-state index in [0.717, 1.165) is 4.85 Å². The van der Waals surface area contributed by atoms with Crippen molar-refractivity contribution >= 4 is 21.9 Å². The van der Waals surface area contributed by atoms with Crippen LogP contribution < -0.4 is 4.84 Å². The molecule has 0 aliphatic heterocycles. The lowest BCUT2D eigenvalue weighted by molar-refractivity contribution is -0.145. The van der Waals surface area contributed by atoms with Gasteiger partial charge < -0.3 is 9.25 Å². The Hall–Kier alpha value is -1.70. The Labute approximate surface area is 98.5 Å². The maximum absolute atomic E-state index is 11.1. The first-order valence-corrected chi connectivity index (χ1v) is 5.24. The topological polar surface area (TPSA) is 83.0 Å². The lowest BCUT2D eigenvalue weighted by atomic mass is 10.3. The maximum Gasteiger partial charge on any atom is 0.334 e. The highest BCUT2D eigenvalue weighted by molar-refractivity contribution is 9.10. The van der Waals surface area contributed by atoms with Gasteiger partial charge in [-0.25, -0.2) is 4.79 Å². The molecule has 0 fully saturated rings. The second-order valence-corrected chi connectivity index (χ2v) is 3.52. The van der Waals surface area contributed by atoms with Gasteiger partial charge in [0.1, 0.15) is 0 Å². The van der Waals surface area contributed by atoms with Crippen molar-refractivity contribution in [2.75, 3.05) is 0 Å². The monoisotopic (exact) mass is 286 g/mol. The Balaban J connectivity index is 2.33. The quantitative estimate of drug-likeness (QED) is 0.785. The second kappa shape index (κ2) is 4.44. The Kier molecular flexibility index (Phi) is 3.00. The molecule has 0 radical (unpaired) electrons. The Morgan fingerprint density at radius 3 is 3.12 bits per heavy atom. The molecule has 2 heterocycles. The van der Waals surface area contributed by atoms with Gasteiger partial charge in [-0.15, -0.1) is 5.10 Å². The van der Waals surface area contributed by atoms with Crippen molar-refractivity contribution in [3.05, 3.63) is 17.0 Å². The molecule has 0 bridgehead atoms. The number of aromatic nitrogens is 4. The van der Waals surface area contributed by atoms with Crippen LogP contribution in [0.2, 0.25) is 0 Å². The number of nitrogens with zero attached hydrogens (tertiary/aromatic N) is 4. The van der Waals surface area contributed by atoms with Gasteiger partial charge in [-0.05, 0) is 37.3 Å². The number of hydrogen-bond acceptors (Lipinski definition) is 6. The highest BCUT2D eigenvalue weighted by Gasteiger charge is 2.17. The molecule has 2 aromatic rings. The number of carbonyl (C=O) groups excluding carboxylic acids is 1. The van der Waals surface area contributed by atoms with E-state index in [0.29, 0.717) is 16.1 Å². The number of rotatable bonds is 3. The van der Waals surface area contributed by atoms with E-state index in [1.54, 1.807) is 13.0 Å². The molecule has 0 aromatic carbocycles. The molecule has 8 heteroatoms. The zero-order valence-corrected chi connectivity index (χ0v) is 9.84. The summed E-state index contributed by atoms with van der Waals surface area (Å²) in [4.78, 5) is 17.0. The van der Waals surface area contributed by atoms with Crippen LogP contribution in [0.5, 0.6) is 0 Å². The molecule has 7 nitrogen and oxygen atoms in total. The Morgan fingerprint density at radius 1 is 1.69 bits per heavy atom. The van der Waals surface area contributed by atoms with E-state index in [9.17, 15) is 4.79 Å². The molecular weight excluding hydrogens is 280 g/mol. The van der Waals surface area contributed by atoms with Crippen molar-refractivity contribution in [3.8, 4) is 11.4 Å². The van der Waals surface area contributed by atoms with E-state index in [2.05, 4.69) is 31.5 Å². The lowest BCUT2D eigenvalue weighted by Gasteiger charge is -2.01. The summed E-state index contributed by atoms with van der Waals surface area (Å²) in [7, 11) is 0. The van der Waals surface area contributed by atoms with Gasteiger partial charge in [0.2, 0.25) is 5.82 Å². The van der Waals surface area contributed by atoms with Crippen LogP contribution >= 0.6 is 15.9 Å². The van der Waals surface area contributed by atoms with E-state index in [1.807, 2.05) is 0 Å². The average molecular weight is 287 g/mol. The van der Waals surface area contributed by atoms with Crippen LogP contribution in [0.4, 0.5) is 0 Å². The zero-order chi connectivity index (χ0) is 11.5. The van der Waals surface area contributed by atoms with E-state index >= 15 is 0 Å². The molecule has 0 saturated carbocycles. The Bertz CT molecular complexity index is 507. The molecule has 0 N–H and O–H groups in total. The molecule has 0 aliphatic carbocycles. The molecule has 0 spiro atoms. The predicted molar refractivity (Wildman–Crippen MR) is 55.1 cm³/mol. The normalized spacial score (nSPS) is 10.4. The van der Waals surface area contributed by atoms with Crippen LogP contribution in [-0.2, 0) is 4.79 Å². The summed E-state index contributed by atoms with van der Waals surface area (Å²) >= 11 is 3.19. The van der Waals surface area contributed by atoms with Gasteiger partial charge in [-0.1, -0.05) is 6.92 Å². The van der Waals surface area contributed by atoms with Crippen LogP contribution in [0.3, 0.4) is 0 Å². The number of tetrazole rings is 1. The molecular formula is C8H7BrN4O3. The van der Waals surface area contributed by atoms with Gasteiger partial charge in [-0.3, -0.25) is 0 Å². The molecule has 2 aromatic heterocycles. The molecule has 0 unspecified atom stereocenters. The first-order valence-electron chi connectivity index (χ1n) is 4.45. The molecule has 0 saturated heterocycles. The van der Waals surface area contributed by atoms with Crippen molar-refractivity contribution in [1.82, 2.24) is 20.4 Å². The first kappa shape index (κ1) is 10.8. The minimum Gasteiger partial charge on any atom is -0.457 e. The number of halogens is 1. The fourth-order valence-corrected chi connectivity index (χ4v) is 1.43. The molecule has 2 rings (SSSR count). The molecule has 0 atom stereocenters. The van der Waals surface area contributed by atoms with Crippen molar-refractivity contribution in [2.24, 2.45) is 0 Å². The van der Waals surface area contributed by atoms with Crippen LogP contribution in [0.25, 0.3) is 11.4 Å². The minimum absolute atomic E-state index is 0.242. The fourth-order valence-electron chi connectivity index (χ4n) is 1.01. The first-order chi connectivity index (χ1) is 7.72. The van der Waals surface area contributed by atoms with Gasteiger partial charge in [0, 0.05) is 6.42 Å². The SMILES string of the molecule is CCC(=O)On1nnnc1-c1ccoc1Br. The van der Waals surface area contributed by atoms with E-state index in [-0.39, 0.29) is 6.42 Å². The number of carbonyl (C=O) groups is 1. The van der Waals surface area contributed by atoms with Gasteiger partial charge in [0.05, 0.1) is 11.8 Å². The van der Waals surface area contributed by atoms with Crippen LogP contribution in [-0.4, -0.2) is 26.3 Å². The van der Waals surface area contributed by atoms with Crippen molar-refractivity contribution in [3.63, 3.8) is 0 Å². The third-order valence-corrected chi connectivity index (χ3v) is 2.39. The summed E-state index contributed by atoms with van der Waals surface area (Å²) in [5.74, 6) is -0.129. The molecule has 84 valence electrons. The van der Waals surface area contributed by atoms with Crippen molar-refractivity contribution in [2.45, 2.75) is 13.3 Å². The average Bonchev–Trinajstić information content (AvgIpc) is 2.86. The highest BCUT2D eigenvalue weighted by atomic mass is 79.9. The Morgan fingerprint density at radius 2 is 2.50 bits per heavy atom. The number of furan rings is 1. The van der Waals surface area contributed by atoms with Gasteiger partial charge in [-0.2, -0.15) is 0 Å². The number of hydrogen-bond donors (Lipinski definition) is 0. The summed E-state index contributed by atoms with van der Waals surface area (Å²) < 4.78 is 5.51. The van der Waals surface area contributed by atoms with Crippen molar-refractivity contribution in [1.29, 1.82) is 0 Å². The van der Waals surface area contributed by atoms with E-state index in [4.69, 9.17) is 9.25 Å². The maximum atomic E-state index is 11.1. The summed E-state index contributed by atoms with van der Waals surface area (Å²) in [5, 5.41) is 10.7. The third kappa shape index (κ3) is 1.96. The van der Waals surface area contributed by atoms with Crippen LogP contribution in [0, 0.1) is 0 Å². The predicted octanol–water partition coefficient (Wildman–Crippen LogP) is 1.06. The summed E-state index contributed by atoms with van der Waals surface area (Å²) in [5.41, 5.74) is 0.605. The van der Waals surface area contributed by atoms with Gasteiger partial charge >= 0.3 is 5.97 Å². The van der Waals surface area contributed by atoms with Crippen LogP contribution in [0.15, 0.2) is 21.4 Å². The standard InChI is InChI=1S/C8H7BrN4O3/c1-2-6(14)16-13-8(10-11-12-13)5-3-4-15-7(5)9/h3-4H,2H2,1H3. The molecule has 0 aliphatic rings.